The highest BCUT2D eigenvalue weighted by molar-refractivity contribution is 6.30. The molecule has 1 aliphatic heterocycles. The molecule has 1 saturated heterocycles. The molecule has 0 bridgehead atoms. The van der Waals surface area contributed by atoms with E-state index in [9.17, 15) is 9.59 Å². The van der Waals surface area contributed by atoms with Crippen LogP contribution in [0.25, 0.3) is 0 Å². The largest absolute Gasteiger partial charge is 0.481 e. The summed E-state index contributed by atoms with van der Waals surface area (Å²) in [4.78, 5) is 25.5. The van der Waals surface area contributed by atoms with Crippen molar-refractivity contribution in [2.75, 3.05) is 6.54 Å². The molecule has 1 aliphatic rings. The van der Waals surface area contributed by atoms with E-state index in [1.807, 2.05) is 18.2 Å². The van der Waals surface area contributed by atoms with Crippen molar-refractivity contribution in [2.24, 2.45) is 11.8 Å². The lowest BCUT2D eigenvalue weighted by Crippen LogP contribution is -2.38. The Hall–Kier alpha value is -1.55. The van der Waals surface area contributed by atoms with E-state index in [4.69, 9.17) is 16.7 Å². The molecule has 5 heteroatoms. The Morgan fingerprint density at radius 3 is 2.67 bits per heavy atom. The molecular weight excluding hydrogens is 290 g/mol. The number of likely N-dealkylation sites (tertiary alicyclic amines) is 1. The van der Waals surface area contributed by atoms with Gasteiger partial charge in [0.2, 0.25) is 5.91 Å². The molecular formula is C16H20ClNO3. The highest BCUT2D eigenvalue weighted by atomic mass is 35.5. The molecule has 21 heavy (non-hydrogen) atoms. The van der Waals surface area contributed by atoms with Crippen LogP contribution < -0.4 is 0 Å². The Balaban J connectivity index is 2.18. The second-order valence-corrected chi connectivity index (χ2v) is 6.10. The molecule has 3 atom stereocenters. The number of carbonyl (C=O) groups excluding carboxylic acids is 1. The fraction of sp³-hybridized carbons (Fsp3) is 0.500. The van der Waals surface area contributed by atoms with Crippen LogP contribution >= 0.6 is 11.6 Å². The Morgan fingerprint density at radius 2 is 2.05 bits per heavy atom. The minimum atomic E-state index is -0.936. The van der Waals surface area contributed by atoms with Gasteiger partial charge < -0.3 is 10.0 Å². The van der Waals surface area contributed by atoms with E-state index in [2.05, 4.69) is 0 Å². The topological polar surface area (TPSA) is 57.6 Å². The SMILES string of the molecule is CC(C(=O)O)C(C)C(=O)N1CCCC1c1cccc(Cl)c1. The lowest BCUT2D eigenvalue weighted by Gasteiger charge is -2.29. The predicted molar refractivity (Wildman–Crippen MR) is 81.1 cm³/mol. The molecule has 0 spiro atoms. The molecule has 1 amide bonds. The molecule has 2 rings (SSSR count). The van der Waals surface area contributed by atoms with Crippen molar-refractivity contribution >= 4 is 23.5 Å². The first-order valence-electron chi connectivity index (χ1n) is 7.20. The first kappa shape index (κ1) is 15.8. The van der Waals surface area contributed by atoms with Gasteiger partial charge in [-0.1, -0.05) is 37.6 Å². The second kappa shape index (κ2) is 6.48. The second-order valence-electron chi connectivity index (χ2n) is 5.66. The molecule has 0 radical (unpaired) electrons. The molecule has 1 aromatic rings. The summed E-state index contributed by atoms with van der Waals surface area (Å²) >= 11 is 6.02. The van der Waals surface area contributed by atoms with Crippen molar-refractivity contribution in [3.8, 4) is 0 Å². The zero-order valence-corrected chi connectivity index (χ0v) is 13.0. The minimum absolute atomic E-state index is 0.000329. The lowest BCUT2D eigenvalue weighted by molar-refractivity contribution is -0.149. The quantitative estimate of drug-likeness (QED) is 0.927. The number of carboxylic acid groups (broad SMARTS) is 1. The first-order chi connectivity index (χ1) is 9.91. The molecule has 0 aromatic heterocycles. The minimum Gasteiger partial charge on any atom is -0.481 e. The van der Waals surface area contributed by atoms with Crippen molar-refractivity contribution in [2.45, 2.75) is 32.7 Å². The number of carbonyl (C=O) groups is 2. The van der Waals surface area contributed by atoms with Crippen LogP contribution in [0.2, 0.25) is 5.02 Å². The fourth-order valence-electron chi connectivity index (χ4n) is 2.78. The maximum absolute atomic E-state index is 12.6. The molecule has 0 saturated carbocycles. The zero-order valence-electron chi connectivity index (χ0n) is 12.3. The Morgan fingerprint density at radius 1 is 1.33 bits per heavy atom. The summed E-state index contributed by atoms with van der Waals surface area (Å²) in [6.07, 6.45) is 1.82. The Kier molecular flexibility index (Phi) is 4.88. The van der Waals surface area contributed by atoms with Crippen LogP contribution in [-0.4, -0.2) is 28.4 Å². The third-order valence-corrected chi connectivity index (χ3v) is 4.53. The Labute approximate surface area is 129 Å². The summed E-state index contributed by atoms with van der Waals surface area (Å²) in [7, 11) is 0. The highest BCUT2D eigenvalue weighted by Crippen LogP contribution is 2.34. The molecule has 114 valence electrons. The molecule has 0 aliphatic carbocycles. The summed E-state index contributed by atoms with van der Waals surface area (Å²) in [5, 5.41) is 9.73. The first-order valence-corrected chi connectivity index (χ1v) is 7.58. The number of nitrogens with zero attached hydrogens (tertiary/aromatic N) is 1. The van der Waals surface area contributed by atoms with E-state index in [-0.39, 0.29) is 11.9 Å². The number of benzene rings is 1. The van der Waals surface area contributed by atoms with Gasteiger partial charge in [0.05, 0.1) is 12.0 Å². The normalized spacial score (nSPS) is 21.1. The number of carboxylic acids is 1. The predicted octanol–water partition coefficient (Wildman–Crippen LogP) is 3.36. The number of rotatable bonds is 4. The van der Waals surface area contributed by atoms with Crippen molar-refractivity contribution in [1.82, 2.24) is 4.90 Å². The standard InChI is InChI=1S/C16H20ClNO3/c1-10(11(2)16(20)21)15(19)18-8-4-7-14(18)12-5-3-6-13(17)9-12/h3,5-6,9-11,14H,4,7-8H2,1-2H3,(H,20,21). The maximum atomic E-state index is 12.6. The van der Waals surface area contributed by atoms with E-state index in [1.54, 1.807) is 24.8 Å². The summed E-state index contributed by atoms with van der Waals surface area (Å²) in [5.74, 6) is -2.23. The summed E-state index contributed by atoms with van der Waals surface area (Å²) < 4.78 is 0. The van der Waals surface area contributed by atoms with Crippen molar-refractivity contribution in [3.05, 3.63) is 34.9 Å². The summed E-state index contributed by atoms with van der Waals surface area (Å²) in [6, 6.07) is 7.53. The molecule has 1 N–H and O–H groups in total. The summed E-state index contributed by atoms with van der Waals surface area (Å²) in [5.41, 5.74) is 1.02. The van der Waals surface area contributed by atoms with Crippen molar-refractivity contribution < 1.29 is 14.7 Å². The van der Waals surface area contributed by atoms with Gasteiger partial charge in [0.25, 0.3) is 0 Å². The monoisotopic (exact) mass is 309 g/mol. The van der Waals surface area contributed by atoms with Gasteiger partial charge in [-0.05, 0) is 30.5 Å². The van der Waals surface area contributed by atoms with Crippen LogP contribution in [0.3, 0.4) is 0 Å². The Bertz CT molecular complexity index is 546. The van der Waals surface area contributed by atoms with Gasteiger partial charge in [-0.25, -0.2) is 0 Å². The average molecular weight is 310 g/mol. The number of aliphatic carboxylic acids is 1. The van der Waals surface area contributed by atoms with Crippen LogP contribution in [0.1, 0.15) is 38.3 Å². The number of hydrogen-bond acceptors (Lipinski definition) is 2. The smallest absolute Gasteiger partial charge is 0.307 e. The van der Waals surface area contributed by atoms with E-state index in [0.717, 1.165) is 18.4 Å². The van der Waals surface area contributed by atoms with Gasteiger partial charge in [-0.15, -0.1) is 0 Å². The van der Waals surface area contributed by atoms with Crippen LogP contribution in [0, 0.1) is 11.8 Å². The third-order valence-electron chi connectivity index (χ3n) is 4.30. The van der Waals surface area contributed by atoms with Gasteiger partial charge in [0.15, 0.2) is 0 Å². The molecule has 4 nitrogen and oxygen atoms in total. The zero-order chi connectivity index (χ0) is 15.6. The van der Waals surface area contributed by atoms with Crippen LogP contribution in [0.15, 0.2) is 24.3 Å². The number of halogens is 1. The number of hydrogen-bond donors (Lipinski definition) is 1. The molecule has 1 heterocycles. The van der Waals surface area contributed by atoms with Crippen LogP contribution in [0.4, 0.5) is 0 Å². The van der Waals surface area contributed by atoms with Crippen LogP contribution in [-0.2, 0) is 9.59 Å². The maximum Gasteiger partial charge on any atom is 0.307 e. The number of amides is 1. The fourth-order valence-corrected chi connectivity index (χ4v) is 2.98. The highest BCUT2D eigenvalue weighted by Gasteiger charge is 2.35. The van der Waals surface area contributed by atoms with Gasteiger partial charge in [0.1, 0.15) is 0 Å². The van der Waals surface area contributed by atoms with Gasteiger partial charge in [-0.3, -0.25) is 9.59 Å². The van der Waals surface area contributed by atoms with Gasteiger partial charge in [-0.2, -0.15) is 0 Å². The molecule has 1 fully saturated rings. The van der Waals surface area contributed by atoms with Crippen LogP contribution in [0.5, 0.6) is 0 Å². The van der Waals surface area contributed by atoms with E-state index in [1.165, 1.54) is 0 Å². The van der Waals surface area contributed by atoms with Crippen molar-refractivity contribution in [3.63, 3.8) is 0 Å². The third kappa shape index (κ3) is 3.38. The average Bonchev–Trinajstić information content (AvgIpc) is 2.94. The van der Waals surface area contributed by atoms with Gasteiger partial charge >= 0.3 is 5.97 Å². The van der Waals surface area contributed by atoms with Gasteiger partial charge in [0, 0.05) is 17.5 Å². The van der Waals surface area contributed by atoms with E-state index in [0.29, 0.717) is 11.6 Å². The lowest BCUT2D eigenvalue weighted by atomic mass is 9.94. The summed E-state index contributed by atoms with van der Waals surface area (Å²) in [6.45, 7) is 3.94. The molecule has 1 aromatic carbocycles. The molecule has 3 unspecified atom stereocenters. The van der Waals surface area contributed by atoms with Crippen molar-refractivity contribution in [1.29, 1.82) is 0 Å². The van der Waals surface area contributed by atoms with E-state index >= 15 is 0 Å². The van der Waals surface area contributed by atoms with E-state index < -0.39 is 17.8 Å².